The summed E-state index contributed by atoms with van der Waals surface area (Å²) in [6.45, 7) is 15.6. The number of aliphatic hydroxyl groups is 1. The van der Waals surface area contributed by atoms with E-state index in [9.17, 15) is 5.11 Å². The van der Waals surface area contributed by atoms with E-state index >= 15 is 0 Å². The average molecular weight is 375 g/mol. The Bertz CT molecular complexity index is 749. The molecule has 3 rings (SSSR count). The van der Waals surface area contributed by atoms with Crippen LogP contribution in [0.3, 0.4) is 0 Å². The lowest BCUT2D eigenvalue weighted by Crippen LogP contribution is -2.52. The van der Waals surface area contributed by atoms with E-state index in [1.165, 1.54) is 11.3 Å². The van der Waals surface area contributed by atoms with Gasteiger partial charge >= 0.3 is 0 Å². The molecule has 0 saturated carbocycles. The summed E-state index contributed by atoms with van der Waals surface area (Å²) < 4.78 is 7.89. The van der Waals surface area contributed by atoms with E-state index in [4.69, 9.17) is 9.52 Å². The lowest BCUT2D eigenvalue weighted by Gasteiger charge is -2.41. The molecule has 1 N–H and O–H groups in total. The Labute approximate surface area is 162 Å². The zero-order valence-corrected chi connectivity index (χ0v) is 17.4. The second kappa shape index (κ2) is 8.59. The standard InChI is InChI=1S/C21H34N4O2/c1-15(2)25-18(5)21(17(4)22-25)14-23-9-10-24(19(12-23)8-11-26)13-20-7-6-16(3)27-20/h6-7,15,19,26H,8-14H2,1-5H3/t19-/m0/s1. The predicted molar refractivity (Wildman–Crippen MR) is 107 cm³/mol. The Kier molecular flexibility index (Phi) is 6.40. The van der Waals surface area contributed by atoms with Crippen LogP contribution in [0.4, 0.5) is 0 Å². The SMILES string of the molecule is Cc1ccc(CN2CCN(Cc3c(C)nn(C(C)C)c3C)C[C@@H]2CCO)o1. The van der Waals surface area contributed by atoms with E-state index in [0.29, 0.717) is 12.1 Å². The highest BCUT2D eigenvalue weighted by Crippen LogP contribution is 2.23. The van der Waals surface area contributed by atoms with Crippen LogP contribution in [-0.2, 0) is 13.1 Å². The molecule has 150 valence electrons. The van der Waals surface area contributed by atoms with Crippen LogP contribution in [0.25, 0.3) is 0 Å². The van der Waals surface area contributed by atoms with Crippen molar-refractivity contribution in [2.75, 3.05) is 26.2 Å². The fraction of sp³-hybridized carbons (Fsp3) is 0.667. The summed E-state index contributed by atoms with van der Waals surface area (Å²) in [5.74, 6) is 1.96. The average Bonchev–Trinajstić information content (AvgIpc) is 3.15. The number of aryl methyl sites for hydroxylation is 2. The maximum Gasteiger partial charge on any atom is 0.118 e. The number of rotatable bonds is 7. The Morgan fingerprint density at radius 2 is 1.96 bits per heavy atom. The molecule has 0 aliphatic carbocycles. The molecule has 2 aromatic heterocycles. The van der Waals surface area contributed by atoms with Crippen LogP contribution in [0.1, 0.15) is 54.8 Å². The second-order valence-corrected chi connectivity index (χ2v) is 8.07. The van der Waals surface area contributed by atoms with E-state index in [1.807, 2.05) is 13.0 Å². The fourth-order valence-electron chi connectivity index (χ4n) is 4.15. The Morgan fingerprint density at radius 1 is 1.19 bits per heavy atom. The third-order valence-corrected chi connectivity index (χ3v) is 5.65. The van der Waals surface area contributed by atoms with Crippen LogP contribution in [0.15, 0.2) is 16.5 Å². The predicted octanol–water partition coefficient (Wildman–Crippen LogP) is 3.05. The third kappa shape index (κ3) is 4.62. The largest absolute Gasteiger partial charge is 0.465 e. The molecule has 1 atom stereocenters. The number of aliphatic hydroxyl groups excluding tert-OH is 1. The van der Waals surface area contributed by atoms with E-state index < -0.39 is 0 Å². The highest BCUT2D eigenvalue weighted by atomic mass is 16.3. The molecule has 0 bridgehead atoms. The molecule has 1 fully saturated rings. The number of piperazine rings is 1. The molecule has 1 aliphatic heterocycles. The highest BCUT2D eigenvalue weighted by Gasteiger charge is 2.28. The summed E-state index contributed by atoms with van der Waals surface area (Å²) in [6, 6.07) is 4.80. The van der Waals surface area contributed by atoms with Crippen LogP contribution in [0, 0.1) is 20.8 Å². The maximum absolute atomic E-state index is 9.55. The molecule has 0 spiro atoms. The lowest BCUT2D eigenvalue weighted by atomic mass is 10.1. The molecule has 0 aromatic carbocycles. The number of furan rings is 1. The van der Waals surface area contributed by atoms with Crippen molar-refractivity contribution in [2.24, 2.45) is 0 Å². The van der Waals surface area contributed by atoms with Gasteiger partial charge in [-0.15, -0.1) is 0 Å². The quantitative estimate of drug-likeness (QED) is 0.807. The summed E-state index contributed by atoms with van der Waals surface area (Å²) in [7, 11) is 0. The minimum absolute atomic E-state index is 0.218. The Balaban J connectivity index is 1.67. The number of aromatic nitrogens is 2. The maximum atomic E-state index is 9.55. The molecule has 1 saturated heterocycles. The minimum atomic E-state index is 0.218. The van der Waals surface area contributed by atoms with Gasteiger partial charge in [0.15, 0.2) is 0 Å². The topological polar surface area (TPSA) is 57.7 Å². The first-order chi connectivity index (χ1) is 12.9. The molecule has 2 aromatic rings. The number of hydrogen-bond donors (Lipinski definition) is 1. The molecular weight excluding hydrogens is 340 g/mol. The van der Waals surface area contributed by atoms with Gasteiger partial charge < -0.3 is 9.52 Å². The smallest absolute Gasteiger partial charge is 0.118 e. The summed E-state index contributed by atoms with van der Waals surface area (Å²) >= 11 is 0. The zero-order valence-electron chi connectivity index (χ0n) is 17.4. The van der Waals surface area contributed by atoms with Crippen LogP contribution in [0.5, 0.6) is 0 Å². The molecule has 3 heterocycles. The Morgan fingerprint density at radius 3 is 2.56 bits per heavy atom. The summed E-state index contributed by atoms with van der Waals surface area (Å²) in [6.07, 6.45) is 0.791. The molecule has 0 amide bonds. The van der Waals surface area contributed by atoms with Crippen LogP contribution >= 0.6 is 0 Å². The van der Waals surface area contributed by atoms with Gasteiger partial charge in [-0.3, -0.25) is 14.5 Å². The molecule has 6 heteroatoms. The first-order valence-corrected chi connectivity index (χ1v) is 10.1. The van der Waals surface area contributed by atoms with Crippen molar-refractivity contribution in [3.8, 4) is 0 Å². The summed E-state index contributed by atoms with van der Waals surface area (Å²) in [5.41, 5.74) is 3.75. The van der Waals surface area contributed by atoms with Gasteiger partial charge in [0.2, 0.25) is 0 Å². The van der Waals surface area contributed by atoms with Crippen molar-refractivity contribution in [1.29, 1.82) is 0 Å². The summed E-state index contributed by atoms with van der Waals surface area (Å²) in [4.78, 5) is 4.95. The number of nitrogens with zero attached hydrogens (tertiary/aromatic N) is 4. The van der Waals surface area contributed by atoms with E-state index in [2.05, 4.69) is 48.2 Å². The third-order valence-electron chi connectivity index (χ3n) is 5.65. The molecule has 0 unspecified atom stereocenters. The van der Waals surface area contributed by atoms with E-state index in [1.54, 1.807) is 0 Å². The van der Waals surface area contributed by atoms with Crippen molar-refractivity contribution in [1.82, 2.24) is 19.6 Å². The molecule has 1 aliphatic rings. The van der Waals surface area contributed by atoms with Crippen LogP contribution in [0.2, 0.25) is 0 Å². The molecule has 27 heavy (non-hydrogen) atoms. The van der Waals surface area contributed by atoms with Crippen molar-refractivity contribution in [2.45, 2.75) is 66.2 Å². The molecular formula is C21H34N4O2. The van der Waals surface area contributed by atoms with Crippen LogP contribution in [-0.4, -0.2) is 57.0 Å². The summed E-state index contributed by atoms with van der Waals surface area (Å²) in [5, 5.41) is 14.3. The van der Waals surface area contributed by atoms with Crippen LogP contribution < -0.4 is 0 Å². The fourth-order valence-corrected chi connectivity index (χ4v) is 4.15. The van der Waals surface area contributed by atoms with E-state index in [-0.39, 0.29) is 6.61 Å². The molecule has 0 radical (unpaired) electrons. The van der Waals surface area contributed by atoms with Gasteiger partial charge in [-0.25, -0.2) is 0 Å². The van der Waals surface area contributed by atoms with Gasteiger partial charge in [0.05, 0.1) is 12.2 Å². The minimum Gasteiger partial charge on any atom is -0.465 e. The van der Waals surface area contributed by atoms with Gasteiger partial charge in [0, 0.05) is 56.1 Å². The van der Waals surface area contributed by atoms with E-state index in [0.717, 1.165) is 56.4 Å². The van der Waals surface area contributed by atoms with Crippen molar-refractivity contribution < 1.29 is 9.52 Å². The van der Waals surface area contributed by atoms with Gasteiger partial charge in [0.25, 0.3) is 0 Å². The van der Waals surface area contributed by atoms with Crippen molar-refractivity contribution in [3.63, 3.8) is 0 Å². The molecule has 6 nitrogen and oxygen atoms in total. The number of hydrogen-bond acceptors (Lipinski definition) is 5. The Hall–Kier alpha value is -1.63. The lowest BCUT2D eigenvalue weighted by molar-refractivity contribution is 0.0452. The van der Waals surface area contributed by atoms with Crippen molar-refractivity contribution >= 4 is 0 Å². The highest BCUT2D eigenvalue weighted by molar-refractivity contribution is 5.25. The monoisotopic (exact) mass is 374 g/mol. The first kappa shape index (κ1) is 20.1. The van der Waals surface area contributed by atoms with Gasteiger partial charge in [-0.1, -0.05) is 0 Å². The normalized spacial score (nSPS) is 19.3. The van der Waals surface area contributed by atoms with Gasteiger partial charge in [-0.2, -0.15) is 5.10 Å². The van der Waals surface area contributed by atoms with Gasteiger partial charge in [-0.05, 0) is 53.2 Å². The van der Waals surface area contributed by atoms with Gasteiger partial charge in [0.1, 0.15) is 11.5 Å². The first-order valence-electron chi connectivity index (χ1n) is 10.1. The second-order valence-electron chi connectivity index (χ2n) is 8.07. The zero-order chi connectivity index (χ0) is 19.6. The van der Waals surface area contributed by atoms with Crippen molar-refractivity contribution in [3.05, 3.63) is 40.6 Å².